The van der Waals surface area contributed by atoms with Crippen molar-refractivity contribution in [3.05, 3.63) is 76.3 Å². The number of nitrogens with one attached hydrogen (secondary N) is 2. The molecule has 0 aliphatic rings. The molecule has 0 saturated heterocycles. The molecule has 4 aromatic rings. The van der Waals surface area contributed by atoms with Crippen molar-refractivity contribution >= 4 is 62.2 Å². The molecule has 2 heterocycles. The number of hydrogen-bond acceptors (Lipinski definition) is 7. The lowest BCUT2D eigenvalue weighted by Crippen LogP contribution is -2.20. The molecular weight excluding hydrogens is 472 g/mol. The van der Waals surface area contributed by atoms with Crippen molar-refractivity contribution in [3.63, 3.8) is 0 Å². The van der Waals surface area contributed by atoms with Crippen LogP contribution in [0.5, 0.6) is 0 Å². The molecule has 0 bridgehead atoms. The zero-order chi connectivity index (χ0) is 24.2. The summed E-state index contributed by atoms with van der Waals surface area (Å²) in [5, 5.41) is 13.5. The molecule has 2 aromatic heterocycles. The third-order valence-electron chi connectivity index (χ3n) is 5.23. The summed E-state index contributed by atoms with van der Waals surface area (Å²) >= 11 is 6.49. The summed E-state index contributed by atoms with van der Waals surface area (Å²) in [6, 6.07) is 16.2. The molecule has 174 valence electrons. The van der Waals surface area contributed by atoms with Gasteiger partial charge in [-0.05, 0) is 41.0 Å². The molecule has 0 saturated carbocycles. The smallest absolute Gasteiger partial charge is 0.348 e. The van der Waals surface area contributed by atoms with Crippen molar-refractivity contribution < 1.29 is 19.1 Å². The lowest BCUT2D eigenvalue weighted by Gasteiger charge is -2.09. The van der Waals surface area contributed by atoms with Crippen LogP contribution in [0, 0.1) is 6.92 Å². The van der Waals surface area contributed by atoms with E-state index in [4.69, 9.17) is 21.7 Å². The number of benzene rings is 2. The zero-order valence-corrected chi connectivity index (χ0v) is 20.4. The third kappa shape index (κ3) is 4.78. The number of fused-ring (bicyclic) bond motifs is 1. The van der Waals surface area contributed by atoms with E-state index in [9.17, 15) is 9.59 Å². The van der Waals surface area contributed by atoms with Gasteiger partial charge < -0.3 is 20.1 Å². The van der Waals surface area contributed by atoms with Crippen LogP contribution in [0.3, 0.4) is 0 Å². The highest BCUT2D eigenvalue weighted by Gasteiger charge is 2.26. The second-order valence-electron chi connectivity index (χ2n) is 7.36. The largest absolute Gasteiger partial charge is 0.465 e. The summed E-state index contributed by atoms with van der Waals surface area (Å²) in [4.78, 5) is 24.7. The van der Waals surface area contributed by atoms with Crippen LogP contribution in [0.4, 0.5) is 10.8 Å². The Morgan fingerprint density at radius 2 is 1.76 bits per heavy atom. The predicted octanol–water partition coefficient (Wildman–Crippen LogP) is 4.84. The van der Waals surface area contributed by atoms with E-state index in [2.05, 4.69) is 40.0 Å². The van der Waals surface area contributed by atoms with Crippen LogP contribution in [0.1, 0.15) is 31.2 Å². The molecule has 0 radical (unpaired) electrons. The summed E-state index contributed by atoms with van der Waals surface area (Å²) in [6.07, 6.45) is 1.86. The second kappa shape index (κ2) is 10.0. The highest BCUT2D eigenvalue weighted by atomic mass is 32.1. The van der Waals surface area contributed by atoms with Gasteiger partial charge in [0.2, 0.25) is 0 Å². The van der Waals surface area contributed by atoms with Crippen LogP contribution in [0.25, 0.3) is 10.8 Å². The number of esters is 2. The summed E-state index contributed by atoms with van der Waals surface area (Å²) in [5.74, 6) is -0.570. The Labute approximate surface area is 205 Å². The highest BCUT2D eigenvalue weighted by Crippen LogP contribution is 2.34. The Morgan fingerprint density at radius 1 is 1.03 bits per heavy atom. The quantitative estimate of drug-likeness (QED) is 0.291. The molecule has 4 rings (SSSR count). The molecule has 0 amide bonds. The predicted molar refractivity (Wildman–Crippen MR) is 137 cm³/mol. The number of carbonyl (C=O) groups excluding carboxylic acids is 2. The molecule has 0 atom stereocenters. The molecule has 2 N–H and O–H groups in total. The number of ether oxygens (including phenoxy) is 2. The first kappa shape index (κ1) is 23.4. The SMILES string of the molecule is COC(=O)c1sc(NC(=S)Nc2ccn(Cc3cccc4ccccc34)n2)c(C(=O)OC)c1C. The van der Waals surface area contributed by atoms with E-state index in [0.29, 0.717) is 27.8 Å². The lowest BCUT2D eigenvalue weighted by atomic mass is 10.0. The number of thiophene rings is 1. The summed E-state index contributed by atoms with van der Waals surface area (Å²) in [6.45, 7) is 2.26. The molecule has 8 nitrogen and oxygen atoms in total. The summed E-state index contributed by atoms with van der Waals surface area (Å²) in [5.41, 5.74) is 1.85. The fourth-order valence-electron chi connectivity index (χ4n) is 3.61. The van der Waals surface area contributed by atoms with Crippen molar-refractivity contribution in [2.75, 3.05) is 24.9 Å². The molecule has 0 unspecified atom stereocenters. The number of carbonyl (C=O) groups is 2. The van der Waals surface area contributed by atoms with Crippen LogP contribution in [0.15, 0.2) is 54.7 Å². The van der Waals surface area contributed by atoms with Gasteiger partial charge in [-0.2, -0.15) is 5.10 Å². The number of aromatic nitrogens is 2. The van der Waals surface area contributed by atoms with Gasteiger partial charge in [0.15, 0.2) is 10.9 Å². The topological polar surface area (TPSA) is 94.5 Å². The van der Waals surface area contributed by atoms with Gasteiger partial charge in [0, 0.05) is 12.3 Å². The Hall–Kier alpha value is -3.76. The van der Waals surface area contributed by atoms with Crippen molar-refractivity contribution in [3.8, 4) is 0 Å². The molecule has 34 heavy (non-hydrogen) atoms. The maximum atomic E-state index is 12.3. The van der Waals surface area contributed by atoms with Gasteiger partial charge in [0.1, 0.15) is 9.88 Å². The van der Waals surface area contributed by atoms with Crippen molar-refractivity contribution in [2.24, 2.45) is 0 Å². The van der Waals surface area contributed by atoms with E-state index in [1.165, 1.54) is 25.0 Å². The van der Waals surface area contributed by atoms with Crippen LogP contribution in [-0.4, -0.2) is 41.1 Å². The molecule has 0 aliphatic heterocycles. The first-order valence-corrected chi connectivity index (χ1v) is 11.5. The molecule has 10 heteroatoms. The third-order valence-corrected chi connectivity index (χ3v) is 6.62. The van der Waals surface area contributed by atoms with Gasteiger partial charge >= 0.3 is 11.9 Å². The van der Waals surface area contributed by atoms with Gasteiger partial charge in [-0.1, -0.05) is 42.5 Å². The molecule has 0 fully saturated rings. The van der Waals surface area contributed by atoms with E-state index < -0.39 is 11.9 Å². The average molecular weight is 495 g/mol. The number of hydrogen-bond donors (Lipinski definition) is 2. The maximum absolute atomic E-state index is 12.3. The minimum absolute atomic E-state index is 0.221. The maximum Gasteiger partial charge on any atom is 0.348 e. The van der Waals surface area contributed by atoms with E-state index in [0.717, 1.165) is 16.9 Å². The fraction of sp³-hybridized carbons (Fsp3) is 0.167. The van der Waals surface area contributed by atoms with E-state index in [1.54, 1.807) is 13.0 Å². The van der Waals surface area contributed by atoms with E-state index in [-0.39, 0.29) is 10.7 Å². The zero-order valence-electron chi connectivity index (χ0n) is 18.7. The van der Waals surface area contributed by atoms with Crippen molar-refractivity contribution in [1.82, 2.24) is 9.78 Å². The van der Waals surface area contributed by atoms with Gasteiger partial charge in [0.05, 0.1) is 26.3 Å². The molecular formula is C24H22N4O4S2. The van der Waals surface area contributed by atoms with E-state index >= 15 is 0 Å². The molecule has 0 spiro atoms. The number of nitrogens with zero attached hydrogens (tertiary/aromatic N) is 2. The number of thiocarbonyl (C=S) groups is 1. The number of anilines is 2. The minimum Gasteiger partial charge on any atom is -0.465 e. The number of rotatable bonds is 6. The normalized spacial score (nSPS) is 10.7. The Kier molecular flexibility index (Phi) is 6.90. The second-order valence-corrected chi connectivity index (χ2v) is 8.79. The van der Waals surface area contributed by atoms with Gasteiger partial charge in [-0.3, -0.25) is 4.68 Å². The van der Waals surface area contributed by atoms with Crippen molar-refractivity contribution in [2.45, 2.75) is 13.5 Å². The number of methoxy groups -OCH3 is 2. The summed E-state index contributed by atoms with van der Waals surface area (Å²) < 4.78 is 11.5. The monoisotopic (exact) mass is 494 g/mol. The Balaban J connectivity index is 1.49. The standard InChI is InChI=1S/C24H22N4O4S2/c1-14-19(22(29)31-2)21(34-20(14)23(30)32-3)26-24(33)25-18-11-12-28(27-18)13-16-9-6-8-15-7-4-5-10-17(15)16/h4-12H,13H2,1-3H3,(H2,25,26,27,33). The van der Waals surface area contributed by atoms with Crippen LogP contribution >= 0.6 is 23.6 Å². The van der Waals surface area contributed by atoms with Crippen molar-refractivity contribution in [1.29, 1.82) is 0 Å². The first-order chi connectivity index (χ1) is 16.4. The van der Waals surface area contributed by atoms with E-state index in [1.807, 2.05) is 29.1 Å². The highest BCUT2D eigenvalue weighted by molar-refractivity contribution is 7.80. The minimum atomic E-state index is -0.575. The molecule has 2 aromatic carbocycles. The Bertz CT molecular complexity index is 1390. The van der Waals surface area contributed by atoms with Gasteiger partial charge in [0.25, 0.3) is 0 Å². The van der Waals surface area contributed by atoms with Gasteiger partial charge in [-0.15, -0.1) is 11.3 Å². The summed E-state index contributed by atoms with van der Waals surface area (Å²) in [7, 11) is 2.56. The van der Waals surface area contributed by atoms with Gasteiger partial charge in [-0.25, -0.2) is 9.59 Å². The van der Waals surface area contributed by atoms with Crippen LogP contribution < -0.4 is 10.6 Å². The Morgan fingerprint density at radius 3 is 2.53 bits per heavy atom. The fourth-order valence-corrected chi connectivity index (χ4v) is 5.00. The lowest BCUT2D eigenvalue weighted by molar-refractivity contribution is 0.0601. The van der Waals surface area contributed by atoms with Crippen LogP contribution in [0.2, 0.25) is 0 Å². The first-order valence-electron chi connectivity index (χ1n) is 10.3. The average Bonchev–Trinajstić information content (AvgIpc) is 3.41. The van der Waals surface area contributed by atoms with Crippen LogP contribution in [-0.2, 0) is 16.0 Å². The molecule has 0 aliphatic carbocycles.